The number of amides is 1. The lowest BCUT2D eigenvalue weighted by atomic mass is 9.85. The second-order valence-corrected chi connectivity index (χ2v) is 7.35. The fourth-order valence-electron chi connectivity index (χ4n) is 2.77. The summed E-state index contributed by atoms with van der Waals surface area (Å²) in [5.74, 6) is 0.646. The van der Waals surface area contributed by atoms with Crippen LogP contribution in [0.2, 0.25) is 0 Å². The fourth-order valence-corrected chi connectivity index (χ4v) is 2.77. The van der Waals surface area contributed by atoms with E-state index in [9.17, 15) is 4.79 Å². The zero-order chi connectivity index (χ0) is 18.1. The van der Waals surface area contributed by atoms with E-state index in [2.05, 4.69) is 11.4 Å². The Bertz CT molecular complexity index is 671. The molecule has 1 amide bonds. The lowest BCUT2D eigenvalue weighted by molar-refractivity contribution is -0.0496. The Morgan fingerprint density at radius 1 is 1.38 bits per heavy atom. The molecule has 1 heterocycles. The molecule has 0 aromatic heterocycles. The number of carbonyl (C=O) groups is 1. The number of ether oxygens (including phenoxy) is 3. The van der Waals surface area contributed by atoms with Gasteiger partial charge in [-0.1, -0.05) is 0 Å². The molecule has 130 valence electrons. The minimum absolute atomic E-state index is 0.454. The van der Waals surface area contributed by atoms with Crippen molar-refractivity contribution < 1.29 is 19.0 Å². The fraction of sp³-hybridized carbons (Fsp3) is 0.556. The standard InChI is InChI=1S/C18H24N2O4/c1-17(2,3)24-16(21)20-15-14(22-6)12-9-11(10-19)7-8-13(12)23-18(15,4)5/h7-9,14-15H,1-6H3,(H,20,21)/t14-,15+/m0/s1. The Hall–Kier alpha value is -2.26. The van der Waals surface area contributed by atoms with Crippen LogP contribution in [0.15, 0.2) is 18.2 Å². The molecule has 0 fully saturated rings. The van der Waals surface area contributed by atoms with Gasteiger partial charge in [0.2, 0.25) is 0 Å². The smallest absolute Gasteiger partial charge is 0.408 e. The molecule has 0 spiro atoms. The molecule has 0 saturated carbocycles. The molecule has 0 aliphatic carbocycles. The van der Waals surface area contributed by atoms with E-state index in [1.165, 1.54) is 0 Å². The lowest BCUT2D eigenvalue weighted by Gasteiger charge is -2.44. The van der Waals surface area contributed by atoms with Crippen LogP contribution in [0.3, 0.4) is 0 Å². The van der Waals surface area contributed by atoms with E-state index < -0.39 is 29.4 Å². The van der Waals surface area contributed by atoms with Crippen molar-refractivity contribution in [3.05, 3.63) is 29.3 Å². The van der Waals surface area contributed by atoms with Crippen molar-refractivity contribution in [3.63, 3.8) is 0 Å². The number of alkyl carbamates (subject to hydrolysis) is 1. The summed E-state index contributed by atoms with van der Waals surface area (Å²) in [6.07, 6.45) is -0.990. The third-order valence-electron chi connectivity index (χ3n) is 3.80. The summed E-state index contributed by atoms with van der Waals surface area (Å²) in [5, 5.41) is 12.0. The summed E-state index contributed by atoms with van der Waals surface area (Å²) in [7, 11) is 1.57. The van der Waals surface area contributed by atoms with E-state index in [4.69, 9.17) is 19.5 Å². The van der Waals surface area contributed by atoms with Crippen molar-refractivity contribution in [2.75, 3.05) is 7.11 Å². The molecule has 1 aromatic carbocycles. The first-order valence-electron chi connectivity index (χ1n) is 7.83. The quantitative estimate of drug-likeness (QED) is 0.898. The average molecular weight is 332 g/mol. The summed E-state index contributed by atoms with van der Waals surface area (Å²) in [6, 6.07) is 6.81. The van der Waals surface area contributed by atoms with Crippen LogP contribution in [-0.2, 0) is 9.47 Å². The zero-order valence-electron chi connectivity index (χ0n) is 15.0. The number of nitrogens with zero attached hydrogens (tertiary/aromatic N) is 1. The number of fused-ring (bicyclic) bond motifs is 1. The maximum atomic E-state index is 12.2. The van der Waals surface area contributed by atoms with Crippen molar-refractivity contribution in [1.82, 2.24) is 5.32 Å². The lowest BCUT2D eigenvalue weighted by Crippen LogP contribution is -2.58. The van der Waals surface area contributed by atoms with Crippen LogP contribution in [-0.4, -0.2) is 30.4 Å². The van der Waals surface area contributed by atoms with Gasteiger partial charge in [0.25, 0.3) is 0 Å². The third kappa shape index (κ3) is 3.80. The highest BCUT2D eigenvalue weighted by Crippen LogP contribution is 2.41. The highest BCUT2D eigenvalue weighted by atomic mass is 16.6. The van der Waals surface area contributed by atoms with E-state index in [0.29, 0.717) is 11.3 Å². The number of methoxy groups -OCH3 is 1. The second kappa shape index (κ2) is 6.33. The van der Waals surface area contributed by atoms with Crippen molar-refractivity contribution in [1.29, 1.82) is 5.26 Å². The van der Waals surface area contributed by atoms with Gasteiger partial charge in [0.15, 0.2) is 0 Å². The van der Waals surface area contributed by atoms with Gasteiger partial charge in [-0.2, -0.15) is 5.26 Å². The van der Waals surface area contributed by atoms with Gasteiger partial charge in [-0.3, -0.25) is 0 Å². The summed E-state index contributed by atoms with van der Waals surface area (Å²) in [4.78, 5) is 12.2. The van der Waals surface area contributed by atoms with Gasteiger partial charge in [-0.05, 0) is 52.8 Å². The SMILES string of the molecule is CO[C@H]1c2cc(C#N)ccc2OC(C)(C)[C@@H]1NC(=O)OC(C)(C)C. The molecule has 2 rings (SSSR count). The predicted octanol–water partition coefficient (Wildman–Crippen LogP) is 3.31. The Morgan fingerprint density at radius 2 is 2.04 bits per heavy atom. The van der Waals surface area contributed by atoms with Gasteiger partial charge in [-0.25, -0.2) is 4.79 Å². The number of carbonyl (C=O) groups excluding carboxylic acids is 1. The monoisotopic (exact) mass is 332 g/mol. The van der Waals surface area contributed by atoms with Crippen molar-refractivity contribution in [2.45, 2.75) is 58.0 Å². The zero-order valence-corrected chi connectivity index (χ0v) is 15.0. The predicted molar refractivity (Wildman–Crippen MR) is 88.8 cm³/mol. The van der Waals surface area contributed by atoms with Gasteiger partial charge >= 0.3 is 6.09 Å². The molecule has 6 heteroatoms. The number of hydrogen-bond acceptors (Lipinski definition) is 5. The Labute approximate surface area is 142 Å². The Morgan fingerprint density at radius 3 is 2.58 bits per heavy atom. The Balaban J connectivity index is 2.35. The number of nitrogens with one attached hydrogen (secondary N) is 1. The van der Waals surface area contributed by atoms with Gasteiger partial charge in [0, 0.05) is 12.7 Å². The largest absolute Gasteiger partial charge is 0.485 e. The number of hydrogen-bond donors (Lipinski definition) is 1. The van der Waals surface area contributed by atoms with Crippen LogP contribution < -0.4 is 10.1 Å². The first kappa shape index (κ1) is 18.1. The number of rotatable bonds is 2. The molecule has 0 bridgehead atoms. The molecule has 6 nitrogen and oxygen atoms in total. The van der Waals surface area contributed by atoms with Crippen LogP contribution >= 0.6 is 0 Å². The Kier molecular flexibility index (Phi) is 4.77. The third-order valence-corrected chi connectivity index (χ3v) is 3.80. The molecule has 1 aromatic rings. The van der Waals surface area contributed by atoms with Gasteiger partial charge in [-0.15, -0.1) is 0 Å². The molecule has 1 N–H and O–H groups in total. The maximum Gasteiger partial charge on any atom is 0.408 e. The van der Waals surface area contributed by atoms with E-state index >= 15 is 0 Å². The highest BCUT2D eigenvalue weighted by Gasteiger charge is 2.45. The van der Waals surface area contributed by atoms with Crippen LogP contribution in [0.1, 0.15) is 51.8 Å². The number of benzene rings is 1. The molecular formula is C18H24N2O4. The molecular weight excluding hydrogens is 308 g/mol. The van der Waals surface area contributed by atoms with Crippen LogP contribution in [0.4, 0.5) is 4.79 Å². The summed E-state index contributed by atoms with van der Waals surface area (Å²) in [6.45, 7) is 9.16. The molecule has 24 heavy (non-hydrogen) atoms. The van der Waals surface area contributed by atoms with Crippen molar-refractivity contribution in [3.8, 4) is 11.8 Å². The molecule has 0 radical (unpaired) electrons. The molecule has 1 aliphatic heterocycles. The molecule has 2 atom stereocenters. The topological polar surface area (TPSA) is 80.6 Å². The molecule has 0 saturated heterocycles. The minimum atomic E-state index is -0.710. The first-order chi connectivity index (χ1) is 11.1. The van der Waals surface area contributed by atoms with Gasteiger partial charge in [0.1, 0.15) is 29.1 Å². The minimum Gasteiger partial charge on any atom is -0.485 e. The second-order valence-electron chi connectivity index (χ2n) is 7.35. The van der Waals surface area contributed by atoms with E-state index in [1.807, 2.05) is 13.8 Å². The van der Waals surface area contributed by atoms with Crippen LogP contribution in [0.5, 0.6) is 5.75 Å². The average Bonchev–Trinajstić information content (AvgIpc) is 2.45. The van der Waals surface area contributed by atoms with Crippen LogP contribution in [0, 0.1) is 11.3 Å². The molecule has 1 aliphatic rings. The first-order valence-corrected chi connectivity index (χ1v) is 7.83. The summed E-state index contributed by atoms with van der Waals surface area (Å²) in [5.41, 5.74) is -0.0659. The van der Waals surface area contributed by atoms with Crippen LogP contribution in [0.25, 0.3) is 0 Å². The van der Waals surface area contributed by atoms with Crippen molar-refractivity contribution in [2.24, 2.45) is 0 Å². The summed E-state index contributed by atoms with van der Waals surface area (Å²) >= 11 is 0. The van der Waals surface area contributed by atoms with E-state index in [1.54, 1.807) is 46.1 Å². The van der Waals surface area contributed by atoms with E-state index in [-0.39, 0.29) is 0 Å². The highest BCUT2D eigenvalue weighted by molar-refractivity contribution is 5.68. The van der Waals surface area contributed by atoms with Crippen molar-refractivity contribution >= 4 is 6.09 Å². The van der Waals surface area contributed by atoms with Gasteiger partial charge < -0.3 is 19.5 Å². The summed E-state index contributed by atoms with van der Waals surface area (Å²) < 4.78 is 17.0. The normalized spacial score (nSPS) is 21.9. The maximum absolute atomic E-state index is 12.2. The van der Waals surface area contributed by atoms with Gasteiger partial charge in [0.05, 0.1) is 11.6 Å². The molecule has 0 unspecified atom stereocenters. The van der Waals surface area contributed by atoms with E-state index in [0.717, 1.165) is 5.56 Å². The number of nitriles is 1.